The van der Waals surface area contributed by atoms with Gasteiger partial charge in [-0.05, 0) is 48.4 Å². The summed E-state index contributed by atoms with van der Waals surface area (Å²) in [6.07, 6.45) is 1.97. The van der Waals surface area contributed by atoms with Gasteiger partial charge >= 0.3 is 0 Å². The Morgan fingerprint density at radius 3 is 1.97 bits per heavy atom. The van der Waals surface area contributed by atoms with Gasteiger partial charge in [-0.2, -0.15) is 4.31 Å². The Kier molecular flexibility index (Phi) is 8.52. The van der Waals surface area contributed by atoms with Gasteiger partial charge in [-0.1, -0.05) is 25.5 Å². The van der Waals surface area contributed by atoms with E-state index in [1.54, 1.807) is 28.6 Å². The SMILES string of the molecule is CCCc1ccc(S(=O)(=O)N2CCN(CCOc3ccc(S(=O)(=O)N(C)C)cc3)CC2)cc1. The van der Waals surface area contributed by atoms with Gasteiger partial charge in [0.25, 0.3) is 0 Å². The van der Waals surface area contributed by atoms with Crippen molar-refractivity contribution in [2.45, 2.75) is 29.6 Å². The Bertz CT molecular complexity index is 1110. The molecule has 2 aromatic rings. The predicted octanol–water partition coefficient (Wildman–Crippen LogP) is 2.27. The van der Waals surface area contributed by atoms with E-state index < -0.39 is 20.0 Å². The molecule has 33 heavy (non-hydrogen) atoms. The third-order valence-corrected chi connectivity index (χ3v) is 9.45. The van der Waals surface area contributed by atoms with Crippen molar-refractivity contribution in [1.82, 2.24) is 13.5 Å². The fourth-order valence-electron chi connectivity index (χ4n) is 3.67. The molecule has 1 heterocycles. The van der Waals surface area contributed by atoms with Crippen molar-refractivity contribution in [2.24, 2.45) is 0 Å². The second kappa shape index (κ2) is 11.0. The molecule has 0 spiro atoms. The lowest BCUT2D eigenvalue weighted by Crippen LogP contribution is -2.49. The van der Waals surface area contributed by atoms with E-state index in [4.69, 9.17) is 4.74 Å². The van der Waals surface area contributed by atoms with Gasteiger partial charge in [0.2, 0.25) is 20.0 Å². The molecule has 0 aliphatic carbocycles. The Balaban J connectivity index is 1.47. The van der Waals surface area contributed by atoms with Gasteiger partial charge < -0.3 is 4.74 Å². The van der Waals surface area contributed by atoms with Crippen molar-refractivity contribution in [3.8, 4) is 5.75 Å². The van der Waals surface area contributed by atoms with Crippen molar-refractivity contribution < 1.29 is 21.6 Å². The van der Waals surface area contributed by atoms with Gasteiger partial charge in [0.1, 0.15) is 12.4 Å². The molecule has 0 saturated carbocycles. The lowest BCUT2D eigenvalue weighted by molar-refractivity contribution is 0.159. The molecule has 8 nitrogen and oxygen atoms in total. The first kappa shape index (κ1) is 25.6. The number of hydrogen-bond donors (Lipinski definition) is 0. The molecule has 1 saturated heterocycles. The molecular formula is C23H33N3O5S2. The van der Waals surface area contributed by atoms with Crippen molar-refractivity contribution in [2.75, 3.05) is 53.4 Å². The molecular weight excluding hydrogens is 462 g/mol. The van der Waals surface area contributed by atoms with Crippen LogP contribution in [0.4, 0.5) is 0 Å². The molecule has 10 heteroatoms. The molecule has 0 unspecified atom stereocenters. The minimum atomic E-state index is -3.48. The Morgan fingerprint density at radius 2 is 1.42 bits per heavy atom. The lowest BCUT2D eigenvalue weighted by atomic mass is 10.1. The first-order valence-corrected chi connectivity index (χ1v) is 14.0. The molecule has 1 fully saturated rings. The maximum absolute atomic E-state index is 12.9. The van der Waals surface area contributed by atoms with Crippen LogP contribution in [-0.4, -0.2) is 83.8 Å². The van der Waals surface area contributed by atoms with Crippen LogP contribution in [0.5, 0.6) is 5.75 Å². The van der Waals surface area contributed by atoms with Crippen molar-refractivity contribution >= 4 is 20.0 Å². The van der Waals surface area contributed by atoms with Gasteiger partial charge in [-0.15, -0.1) is 0 Å². The van der Waals surface area contributed by atoms with Gasteiger partial charge in [0, 0.05) is 46.8 Å². The molecule has 1 aliphatic rings. The topological polar surface area (TPSA) is 87.2 Å². The van der Waals surface area contributed by atoms with E-state index in [0.29, 0.717) is 50.0 Å². The second-order valence-electron chi connectivity index (χ2n) is 8.25. The minimum Gasteiger partial charge on any atom is -0.492 e. The van der Waals surface area contributed by atoms with Crippen LogP contribution in [0.3, 0.4) is 0 Å². The van der Waals surface area contributed by atoms with Crippen LogP contribution in [0.2, 0.25) is 0 Å². The zero-order chi connectivity index (χ0) is 24.1. The van der Waals surface area contributed by atoms with Crippen molar-refractivity contribution in [3.63, 3.8) is 0 Å². The summed E-state index contributed by atoms with van der Waals surface area (Å²) in [6, 6.07) is 13.6. The maximum Gasteiger partial charge on any atom is 0.243 e. The highest BCUT2D eigenvalue weighted by atomic mass is 32.2. The first-order chi connectivity index (χ1) is 15.6. The molecule has 3 rings (SSSR count). The zero-order valence-corrected chi connectivity index (χ0v) is 21.1. The van der Waals surface area contributed by atoms with E-state index in [2.05, 4.69) is 11.8 Å². The third-order valence-electron chi connectivity index (χ3n) is 5.71. The molecule has 0 amide bonds. The van der Waals surface area contributed by atoms with E-state index in [-0.39, 0.29) is 4.90 Å². The Labute approximate surface area is 197 Å². The smallest absolute Gasteiger partial charge is 0.243 e. The summed E-state index contributed by atoms with van der Waals surface area (Å²) in [5, 5.41) is 0. The molecule has 0 bridgehead atoms. The summed E-state index contributed by atoms with van der Waals surface area (Å²) in [6.45, 7) is 5.35. The highest BCUT2D eigenvalue weighted by molar-refractivity contribution is 7.89. The van der Waals surface area contributed by atoms with E-state index >= 15 is 0 Å². The van der Waals surface area contributed by atoms with E-state index in [1.807, 2.05) is 12.1 Å². The summed E-state index contributed by atoms with van der Waals surface area (Å²) in [5.74, 6) is 0.598. The largest absolute Gasteiger partial charge is 0.492 e. The number of rotatable bonds is 10. The molecule has 182 valence electrons. The van der Waals surface area contributed by atoms with Crippen molar-refractivity contribution in [1.29, 1.82) is 0 Å². The van der Waals surface area contributed by atoms with Crippen LogP contribution in [0, 0.1) is 0 Å². The highest BCUT2D eigenvalue weighted by Crippen LogP contribution is 2.20. The standard InChI is InChI=1S/C23H33N3O5S2/c1-4-5-20-6-10-23(11-7-20)33(29,30)26-16-14-25(15-17-26)18-19-31-21-8-12-22(13-9-21)32(27,28)24(2)3/h6-13H,4-5,14-19H2,1-3H3. The quantitative estimate of drug-likeness (QED) is 0.503. The zero-order valence-electron chi connectivity index (χ0n) is 19.5. The number of aryl methyl sites for hydroxylation is 1. The predicted molar refractivity (Wildman–Crippen MR) is 128 cm³/mol. The number of hydrogen-bond acceptors (Lipinski definition) is 6. The van der Waals surface area contributed by atoms with E-state index in [9.17, 15) is 16.8 Å². The van der Waals surface area contributed by atoms with Crippen LogP contribution in [0.15, 0.2) is 58.3 Å². The third kappa shape index (κ3) is 6.33. The Morgan fingerprint density at radius 1 is 0.848 bits per heavy atom. The summed E-state index contributed by atoms with van der Waals surface area (Å²) in [5.41, 5.74) is 1.15. The average Bonchev–Trinajstić information content (AvgIpc) is 2.80. The number of benzene rings is 2. The highest BCUT2D eigenvalue weighted by Gasteiger charge is 2.28. The van der Waals surface area contributed by atoms with Crippen LogP contribution in [0.1, 0.15) is 18.9 Å². The van der Waals surface area contributed by atoms with Gasteiger partial charge in [0.15, 0.2) is 0 Å². The summed E-state index contributed by atoms with van der Waals surface area (Å²) in [4.78, 5) is 2.73. The van der Waals surface area contributed by atoms with Crippen molar-refractivity contribution in [3.05, 3.63) is 54.1 Å². The molecule has 1 aliphatic heterocycles. The van der Waals surface area contributed by atoms with Gasteiger partial charge in [-0.3, -0.25) is 4.90 Å². The number of ether oxygens (including phenoxy) is 1. The lowest BCUT2D eigenvalue weighted by Gasteiger charge is -2.33. The van der Waals surface area contributed by atoms with Gasteiger partial charge in [0.05, 0.1) is 9.79 Å². The molecule has 2 aromatic carbocycles. The fraction of sp³-hybridized carbons (Fsp3) is 0.478. The van der Waals surface area contributed by atoms with E-state index in [1.165, 1.54) is 30.5 Å². The monoisotopic (exact) mass is 495 g/mol. The van der Waals surface area contributed by atoms with Gasteiger partial charge in [-0.25, -0.2) is 21.1 Å². The number of sulfonamides is 2. The second-order valence-corrected chi connectivity index (χ2v) is 12.3. The van der Waals surface area contributed by atoms with Crippen LogP contribution < -0.4 is 4.74 Å². The first-order valence-electron chi connectivity index (χ1n) is 11.1. The fourth-order valence-corrected chi connectivity index (χ4v) is 5.99. The molecule has 0 N–H and O–H groups in total. The molecule has 0 aromatic heterocycles. The van der Waals surface area contributed by atoms with Crippen LogP contribution in [0.25, 0.3) is 0 Å². The number of nitrogens with zero attached hydrogens (tertiary/aromatic N) is 3. The summed E-state index contributed by atoms with van der Waals surface area (Å²) < 4.78 is 58.6. The summed E-state index contributed by atoms with van der Waals surface area (Å²) >= 11 is 0. The van der Waals surface area contributed by atoms with Crippen LogP contribution >= 0.6 is 0 Å². The maximum atomic E-state index is 12.9. The normalized spacial score (nSPS) is 16.2. The number of piperazine rings is 1. The minimum absolute atomic E-state index is 0.220. The van der Waals surface area contributed by atoms with E-state index in [0.717, 1.165) is 18.4 Å². The summed E-state index contributed by atoms with van der Waals surface area (Å²) in [7, 11) is -3.95. The Hall–Kier alpha value is -1.98. The average molecular weight is 496 g/mol. The van der Waals surface area contributed by atoms with Crippen LogP contribution in [-0.2, 0) is 26.5 Å². The molecule has 0 atom stereocenters. The molecule has 0 radical (unpaired) electrons.